The van der Waals surface area contributed by atoms with Gasteiger partial charge in [-0.3, -0.25) is 14.5 Å². The maximum atomic E-state index is 13.5. The maximum absolute atomic E-state index is 13.5. The molecule has 0 spiro atoms. The Labute approximate surface area is 207 Å². The van der Waals surface area contributed by atoms with Crippen molar-refractivity contribution in [2.75, 3.05) is 18.1 Å². The quantitative estimate of drug-likeness (QED) is 0.327. The van der Waals surface area contributed by atoms with E-state index >= 15 is 0 Å². The molecule has 0 saturated carbocycles. The Hall–Kier alpha value is -4.03. The average Bonchev–Trinajstić information content (AvgIpc) is 3.47. The number of nitriles is 1. The van der Waals surface area contributed by atoms with E-state index in [4.69, 9.17) is 15.0 Å². The lowest BCUT2D eigenvalue weighted by Crippen LogP contribution is -2.34. The first-order valence-electron chi connectivity index (χ1n) is 11.3. The lowest BCUT2D eigenvalue weighted by molar-refractivity contribution is -0.142. The number of aryl methyl sites for hydroxylation is 3. The van der Waals surface area contributed by atoms with Crippen LogP contribution in [0, 0.1) is 11.3 Å². The lowest BCUT2D eigenvalue weighted by atomic mass is 10.1. The maximum Gasteiger partial charge on any atom is 0.307 e. The number of aromatic nitrogens is 3. The Balaban J connectivity index is 1.56. The number of hydrogen-bond donors (Lipinski definition) is 0. The second-order valence-corrected chi connectivity index (χ2v) is 9.04. The molecule has 0 radical (unpaired) electrons. The van der Waals surface area contributed by atoms with Gasteiger partial charge in [0.25, 0.3) is 5.91 Å². The third kappa shape index (κ3) is 5.55. The molecule has 1 amide bonds. The monoisotopic (exact) mass is 487 g/mol. The second-order valence-electron chi connectivity index (χ2n) is 7.87. The summed E-state index contributed by atoms with van der Waals surface area (Å²) in [5, 5.41) is 9.03. The van der Waals surface area contributed by atoms with Crippen molar-refractivity contribution < 1.29 is 14.3 Å². The number of pyridine rings is 1. The van der Waals surface area contributed by atoms with Gasteiger partial charge < -0.3 is 9.30 Å². The van der Waals surface area contributed by atoms with Crippen LogP contribution in [-0.4, -0.2) is 39.6 Å². The molecule has 0 unspecified atom stereocenters. The van der Waals surface area contributed by atoms with Crippen LogP contribution >= 0.6 is 11.3 Å². The zero-order valence-electron chi connectivity index (χ0n) is 19.6. The van der Waals surface area contributed by atoms with Gasteiger partial charge >= 0.3 is 5.97 Å². The van der Waals surface area contributed by atoms with Gasteiger partial charge in [-0.25, -0.2) is 9.97 Å². The van der Waals surface area contributed by atoms with Crippen molar-refractivity contribution in [3.63, 3.8) is 0 Å². The zero-order valence-corrected chi connectivity index (χ0v) is 20.4. The van der Waals surface area contributed by atoms with Crippen LogP contribution in [0.25, 0.3) is 11.0 Å². The Morgan fingerprint density at radius 2 is 2.03 bits per heavy atom. The molecule has 0 atom stereocenters. The third-order valence-electron chi connectivity index (χ3n) is 5.60. The first kappa shape index (κ1) is 24.1. The zero-order chi connectivity index (χ0) is 24.8. The molecular weight excluding hydrogens is 462 g/mol. The Kier molecular flexibility index (Phi) is 7.53. The predicted molar refractivity (Wildman–Crippen MR) is 134 cm³/mol. The summed E-state index contributed by atoms with van der Waals surface area (Å²) in [5.41, 5.74) is 2.12. The van der Waals surface area contributed by atoms with E-state index in [-0.39, 0.29) is 24.8 Å². The topological polar surface area (TPSA) is 101 Å². The molecule has 35 heavy (non-hydrogen) atoms. The third-order valence-corrected chi connectivity index (χ3v) is 6.65. The molecule has 9 heteroatoms. The van der Waals surface area contributed by atoms with Crippen molar-refractivity contribution in [2.45, 2.75) is 26.2 Å². The SMILES string of the molecule is CCOC(=O)CCN(C(=O)c1ccc2c(c1)nc(CCc1ccc(C#N)s1)n2C)c1ccccn1. The number of nitrogens with zero attached hydrogens (tertiary/aromatic N) is 5. The van der Waals surface area contributed by atoms with Gasteiger partial charge in [0.1, 0.15) is 22.6 Å². The van der Waals surface area contributed by atoms with E-state index in [0.29, 0.717) is 22.9 Å². The van der Waals surface area contributed by atoms with E-state index in [1.165, 1.54) is 16.2 Å². The number of anilines is 1. The van der Waals surface area contributed by atoms with E-state index in [9.17, 15) is 9.59 Å². The van der Waals surface area contributed by atoms with Crippen molar-refractivity contribution in [1.29, 1.82) is 5.26 Å². The number of amides is 1. The molecule has 0 aliphatic carbocycles. The summed E-state index contributed by atoms with van der Waals surface area (Å²) in [6, 6.07) is 16.7. The van der Waals surface area contributed by atoms with E-state index < -0.39 is 0 Å². The molecule has 0 fully saturated rings. The Morgan fingerprint density at radius 1 is 1.17 bits per heavy atom. The molecule has 4 rings (SSSR count). The van der Waals surface area contributed by atoms with Crippen LogP contribution in [0.1, 0.15) is 39.3 Å². The number of rotatable bonds is 9. The number of fused-ring (bicyclic) bond motifs is 1. The number of hydrogen-bond acceptors (Lipinski definition) is 7. The second kappa shape index (κ2) is 10.9. The summed E-state index contributed by atoms with van der Waals surface area (Å²) in [7, 11) is 1.96. The number of ether oxygens (including phenoxy) is 1. The van der Waals surface area contributed by atoms with Crippen molar-refractivity contribution in [2.24, 2.45) is 7.05 Å². The first-order chi connectivity index (χ1) is 17.0. The average molecular weight is 488 g/mol. The van der Waals surface area contributed by atoms with Crippen molar-refractivity contribution in [3.05, 3.63) is 75.9 Å². The highest BCUT2D eigenvalue weighted by Crippen LogP contribution is 2.22. The van der Waals surface area contributed by atoms with Gasteiger partial charge in [0.2, 0.25) is 0 Å². The van der Waals surface area contributed by atoms with Crippen LogP contribution < -0.4 is 4.90 Å². The summed E-state index contributed by atoms with van der Waals surface area (Å²) in [4.78, 5) is 37.8. The Morgan fingerprint density at radius 3 is 2.74 bits per heavy atom. The molecule has 0 saturated heterocycles. The predicted octanol–water partition coefficient (Wildman–Crippen LogP) is 4.29. The van der Waals surface area contributed by atoms with Crippen LogP contribution in [0.15, 0.2) is 54.7 Å². The van der Waals surface area contributed by atoms with E-state index in [0.717, 1.165) is 34.6 Å². The highest BCUT2D eigenvalue weighted by molar-refractivity contribution is 7.12. The fourth-order valence-corrected chi connectivity index (χ4v) is 4.64. The molecule has 8 nitrogen and oxygen atoms in total. The lowest BCUT2D eigenvalue weighted by Gasteiger charge is -2.21. The van der Waals surface area contributed by atoms with Crippen molar-refractivity contribution in [3.8, 4) is 6.07 Å². The molecule has 0 N–H and O–H groups in total. The summed E-state index contributed by atoms with van der Waals surface area (Å²) < 4.78 is 7.05. The number of carbonyl (C=O) groups excluding carboxylic acids is 2. The van der Waals surface area contributed by atoms with Crippen LogP contribution in [0.4, 0.5) is 5.82 Å². The fraction of sp³-hybridized carbons (Fsp3) is 0.269. The highest BCUT2D eigenvalue weighted by atomic mass is 32.1. The minimum atomic E-state index is -0.362. The number of benzene rings is 1. The molecule has 4 aromatic rings. The first-order valence-corrected chi connectivity index (χ1v) is 12.1. The fourth-order valence-electron chi connectivity index (χ4n) is 3.84. The molecule has 0 bridgehead atoms. The van der Waals surface area contributed by atoms with Crippen LogP contribution in [-0.2, 0) is 29.4 Å². The summed E-state index contributed by atoms with van der Waals surface area (Å²) in [5.74, 6) is 0.750. The minimum Gasteiger partial charge on any atom is -0.466 e. The van der Waals surface area contributed by atoms with Crippen molar-refractivity contribution >= 4 is 40.1 Å². The van der Waals surface area contributed by atoms with Gasteiger partial charge in [-0.2, -0.15) is 5.26 Å². The summed E-state index contributed by atoms with van der Waals surface area (Å²) in [6.45, 7) is 2.20. The Bertz CT molecular complexity index is 1390. The van der Waals surface area contributed by atoms with Crippen LogP contribution in [0.3, 0.4) is 0 Å². The van der Waals surface area contributed by atoms with E-state index in [1.54, 1.807) is 43.5 Å². The van der Waals surface area contributed by atoms with Crippen LogP contribution in [0.2, 0.25) is 0 Å². The summed E-state index contributed by atoms with van der Waals surface area (Å²) >= 11 is 1.49. The molecular formula is C26H25N5O3S. The van der Waals surface area contributed by atoms with Gasteiger partial charge in [-0.15, -0.1) is 11.3 Å². The van der Waals surface area contributed by atoms with Crippen LogP contribution in [0.5, 0.6) is 0 Å². The van der Waals surface area contributed by atoms with Gasteiger partial charge in [0, 0.05) is 36.7 Å². The minimum absolute atomic E-state index is 0.0718. The van der Waals surface area contributed by atoms with Gasteiger partial charge in [-0.05, 0) is 55.8 Å². The largest absolute Gasteiger partial charge is 0.466 e. The molecule has 3 heterocycles. The normalized spacial score (nSPS) is 10.8. The summed E-state index contributed by atoms with van der Waals surface area (Å²) in [6.07, 6.45) is 3.19. The smallest absolute Gasteiger partial charge is 0.307 e. The molecule has 178 valence electrons. The standard InChI is InChI=1S/C26H25N5O3S/c1-3-34-25(32)13-15-31(23-6-4-5-14-28-23)26(33)18-7-11-22-21(16-18)29-24(30(22)2)12-10-19-8-9-20(17-27)35-19/h4-9,11,14,16H,3,10,12-13,15H2,1-2H3. The highest BCUT2D eigenvalue weighted by Gasteiger charge is 2.21. The van der Waals surface area contributed by atoms with Gasteiger partial charge in [-0.1, -0.05) is 6.07 Å². The van der Waals surface area contributed by atoms with E-state index in [1.807, 2.05) is 29.8 Å². The molecule has 1 aromatic carbocycles. The van der Waals surface area contributed by atoms with Gasteiger partial charge in [0.05, 0.1) is 24.1 Å². The van der Waals surface area contributed by atoms with Gasteiger partial charge in [0.15, 0.2) is 0 Å². The number of esters is 1. The molecule has 0 aliphatic rings. The molecule has 3 aromatic heterocycles. The van der Waals surface area contributed by atoms with E-state index in [2.05, 4.69) is 11.1 Å². The number of carbonyl (C=O) groups is 2. The number of imidazole rings is 1. The number of thiophene rings is 1. The van der Waals surface area contributed by atoms with Crippen molar-refractivity contribution in [1.82, 2.24) is 14.5 Å². The molecule has 0 aliphatic heterocycles.